The Morgan fingerprint density at radius 1 is 1.09 bits per heavy atom. The van der Waals surface area contributed by atoms with Crippen LogP contribution in [0.1, 0.15) is 42.1 Å². The van der Waals surface area contributed by atoms with Gasteiger partial charge in [0, 0.05) is 17.2 Å². The Balaban J connectivity index is 1.38. The van der Waals surface area contributed by atoms with Crippen molar-refractivity contribution in [3.05, 3.63) is 71.7 Å². The van der Waals surface area contributed by atoms with Gasteiger partial charge in [0.25, 0.3) is 0 Å². The number of nitrogens with zero attached hydrogens (tertiary/aromatic N) is 7. The molecular formula is C25H22N8O2. The van der Waals surface area contributed by atoms with E-state index in [4.69, 9.17) is 10.7 Å². The van der Waals surface area contributed by atoms with Gasteiger partial charge in [0.05, 0.1) is 47.4 Å². The van der Waals surface area contributed by atoms with E-state index in [0.29, 0.717) is 35.6 Å². The molecule has 0 spiro atoms. The van der Waals surface area contributed by atoms with Gasteiger partial charge in [0.2, 0.25) is 5.95 Å². The SMILES string of the molecule is N#Cc1cccc(-c2cc(-c3cn(Cc4cccc(C5CCCC5C(=O)O)n4)nn3)nc(N)n2)c1. The minimum absolute atomic E-state index is 0.0688. The second kappa shape index (κ2) is 9.30. The molecule has 3 aromatic heterocycles. The molecule has 0 saturated heterocycles. The molecule has 0 radical (unpaired) electrons. The van der Waals surface area contributed by atoms with Gasteiger partial charge in [-0.15, -0.1) is 5.10 Å². The van der Waals surface area contributed by atoms with Gasteiger partial charge in [-0.1, -0.05) is 29.8 Å². The van der Waals surface area contributed by atoms with Crippen molar-refractivity contribution in [3.8, 4) is 28.7 Å². The summed E-state index contributed by atoms with van der Waals surface area (Å²) in [6.07, 6.45) is 4.16. The first-order chi connectivity index (χ1) is 17.0. The van der Waals surface area contributed by atoms with Gasteiger partial charge in [-0.3, -0.25) is 9.78 Å². The highest BCUT2D eigenvalue weighted by atomic mass is 16.4. The number of pyridine rings is 1. The van der Waals surface area contributed by atoms with E-state index < -0.39 is 5.97 Å². The molecule has 3 heterocycles. The highest BCUT2D eigenvalue weighted by molar-refractivity contribution is 5.71. The predicted octanol–water partition coefficient (Wildman–Crippen LogP) is 3.27. The summed E-state index contributed by atoms with van der Waals surface area (Å²) in [5.74, 6) is -1.13. The van der Waals surface area contributed by atoms with Crippen LogP contribution in [0.15, 0.2) is 54.7 Å². The first-order valence-corrected chi connectivity index (χ1v) is 11.2. The Bertz CT molecular complexity index is 1440. The molecule has 1 aliphatic rings. The van der Waals surface area contributed by atoms with Crippen LogP contribution in [0.5, 0.6) is 0 Å². The molecule has 4 aromatic rings. The van der Waals surface area contributed by atoms with E-state index in [-0.39, 0.29) is 17.8 Å². The third-order valence-electron chi connectivity index (χ3n) is 6.20. The topological polar surface area (TPSA) is 156 Å². The van der Waals surface area contributed by atoms with Crippen LogP contribution in [0.4, 0.5) is 5.95 Å². The van der Waals surface area contributed by atoms with Crippen molar-refractivity contribution in [1.29, 1.82) is 5.26 Å². The number of carbonyl (C=O) groups is 1. The lowest BCUT2D eigenvalue weighted by Crippen LogP contribution is -2.18. The number of aliphatic carboxylic acids is 1. The van der Waals surface area contributed by atoms with Crippen LogP contribution in [0.2, 0.25) is 0 Å². The standard InChI is InChI=1S/C25H22N8O2/c26-12-15-4-1-5-16(10-15)21-11-22(30-25(27)29-21)23-14-33(32-31-23)13-17-6-2-9-20(28-17)18-7-3-8-19(18)24(34)35/h1-2,4-6,9-11,14,18-19H,3,7-8,13H2,(H,34,35)(H2,27,29,30). The summed E-state index contributed by atoms with van der Waals surface area (Å²) in [5.41, 5.74) is 10.4. The molecule has 10 heteroatoms. The maximum atomic E-state index is 11.6. The number of aromatic nitrogens is 6. The molecule has 2 atom stereocenters. The number of hydrogen-bond donors (Lipinski definition) is 2. The smallest absolute Gasteiger partial charge is 0.307 e. The maximum Gasteiger partial charge on any atom is 0.307 e. The molecule has 10 nitrogen and oxygen atoms in total. The van der Waals surface area contributed by atoms with Gasteiger partial charge in [-0.25, -0.2) is 14.6 Å². The quantitative estimate of drug-likeness (QED) is 0.435. The summed E-state index contributed by atoms with van der Waals surface area (Å²) >= 11 is 0. The normalized spacial score (nSPS) is 17.2. The number of carboxylic acids is 1. The number of hydrogen-bond acceptors (Lipinski definition) is 8. The molecule has 1 aromatic carbocycles. The maximum absolute atomic E-state index is 11.6. The first kappa shape index (κ1) is 22.2. The average Bonchev–Trinajstić information content (AvgIpc) is 3.54. The van der Waals surface area contributed by atoms with E-state index in [0.717, 1.165) is 29.8 Å². The minimum atomic E-state index is -0.761. The zero-order valence-electron chi connectivity index (χ0n) is 18.7. The van der Waals surface area contributed by atoms with Crippen molar-refractivity contribution in [2.45, 2.75) is 31.7 Å². The van der Waals surface area contributed by atoms with Crippen molar-refractivity contribution in [2.24, 2.45) is 5.92 Å². The molecule has 0 bridgehead atoms. The van der Waals surface area contributed by atoms with Gasteiger partial charge >= 0.3 is 5.97 Å². The third-order valence-corrected chi connectivity index (χ3v) is 6.20. The van der Waals surface area contributed by atoms with Crippen LogP contribution in [-0.2, 0) is 11.3 Å². The highest BCUT2D eigenvalue weighted by Crippen LogP contribution is 2.39. The zero-order valence-corrected chi connectivity index (χ0v) is 18.7. The third kappa shape index (κ3) is 4.70. The number of nitrogen functional groups attached to an aromatic ring is 1. The largest absolute Gasteiger partial charge is 0.481 e. The second-order valence-electron chi connectivity index (χ2n) is 8.53. The van der Waals surface area contributed by atoms with Crippen LogP contribution in [0, 0.1) is 17.2 Å². The fourth-order valence-corrected chi connectivity index (χ4v) is 4.55. The molecule has 0 amide bonds. The van der Waals surface area contributed by atoms with Crippen LogP contribution < -0.4 is 5.73 Å². The number of anilines is 1. The Morgan fingerprint density at radius 3 is 2.74 bits per heavy atom. The van der Waals surface area contributed by atoms with Crippen molar-refractivity contribution >= 4 is 11.9 Å². The number of nitrogens with two attached hydrogens (primary N) is 1. The summed E-state index contributed by atoms with van der Waals surface area (Å²) in [4.78, 5) is 24.9. The first-order valence-electron chi connectivity index (χ1n) is 11.2. The summed E-state index contributed by atoms with van der Waals surface area (Å²) < 4.78 is 1.65. The average molecular weight is 467 g/mol. The molecule has 1 fully saturated rings. The fraction of sp³-hybridized carbons (Fsp3) is 0.240. The zero-order chi connectivity index (χ0) is 24.4. The van der Waals surface area contributed by atoms with Gasteiger partial charge in [-0.2, -0.15) is 5.26 Å². The van der Waals surface area contributed by atoms with Gasteiger partial charge in [0.1, 0.15) is 5.69 Å². The van der Waals surface area contributed by atoms with E-state index >= 15 is 0 Å². The summed E-state index contributed by atoms with van der Waals surface area (Å²) in [7, 11) is 0. The van der Waals surface area contributed by atoms with E-state index in [1.165, 1.54) is 0 Å². The van der Waals surface area contributed by atoms with Gasteiger partial charge in [-0.05, 0) is 43.2 Å². The van der Waals surface area contributed by atoms with Crippen molar-refractivity contribution in [3.63, 3.8) is 0 Å². The van der Waals surface area contributed by atoms with Crippen molar-refractivity contribution in [2.75, 3.05) is 5.73 Å². The molecule has 1 saturated carbocycles. The summed E-state index contributed by atoms with van der Waals surface area (Å²) in [5, 5.41) is 27.1. The Labute approximate surface area is 201 Å². The van der Waals surface area contributed by atoms with Crippen LogP contribution >= 0.6 is 0 Å². The van der Waals surface area contributed by atoms with Crippen LogP contribution in [0.25, 0.3) is 22.6 Å². The fourth-order valence-electron chi connectivity index (χ4n) is 4.55. The van der Waals surface area contributed by atoms with Crippen molar-refractivity contribution in [1.82, 2.24) is 29.9 Å². The number of nitriles is 1. The molecule has 5 rings (SSSR count). The molecule has 35 heavy (non-hydrogen) atoms. The predicted molar refractivity (Wildman–Crippen MR) is 127 cm³/mol. The Morgan fingerprint density at radius 2 is 1.91 bits per heavy atom. The van der Waals surface area contributed by atoms with E-state index in [1.807, 2.05) is 24.3 Å². The summed E-state index contributed by atoms with van der Waals surface area (Å²) in [6.45, 7) is 0.378. The summed E-state index contributed by atoms with van der Waals surface area (Å²) in [6, 6.07) is 16.7. The molecule has 0 aliphatic heterocycles. The molecule has 3 N–H and O–H groups in total. The lowest BCUT2D eigenvalue weighted by Gasteiger charge is -2.15. The second-order valence-corrected chi connectivity index (χ2v) is 8.53. The monoisotopic (exact) mass is 466 g/mol. The molecular weight excluding hydrogens is 444 g/mol. The van der Waals surface area contributed by atoms with Crippen LogP contribution in [0.3, 0.4) is 0 Å². The highest BCUT2D eigenvalue weighted by Gasteiger charge is 2.34. The molecule has 174 valence electrons. The Kier molecular flexibility index (Phi) is 5.89. The van der Waals surface area contributed by atoms with E-state index in [9.17, 15) is 15.2 Å². The van der Waals surface area contributed by atoms with Crippen LogP contribution in [-0.4, -0.2) is 41.0 Å². The van der Waals surface area contributed by atoms with E-state index in [1.54, 1.807) is 35.1 Å². The number of benzene rings is 1. The van der Waals surface area contributed by atoms with E-state index in [2.05, 4.69) is 26.3 Å². The van der Waals surface area contributed by atoms with Crippen molar-refractivity contribution < 1.29 is 9.90 Å². The molecule has 2 unspecified atom stereocenters. The van der Waals surface area contributed by atoms with Gasteiger partial charge < -0.3 is 10.8 Å². The van der Waals surface area contributed by atoms with Gasteiger partial charge in [0.15, 0.2) is 0 Å². The Hall–Kier alpha value is -4.65. The molecule has 1 aliphatic carbocycles. The minimum Gasteiger partial charge on any atom is -0.481 e. The number of carboxylic acid groups (broad SMARTS) is 1. The lowest BCUT2D eigenvalue weighted by molar-refractivity contribution is -0.142. The lowest BCUT2D eigenvalue weighted by atomic mass is 9.92. The number of rotatable bonds is 6.